The van der Waals surface area contributed by atoms with Gasteiger partial charge in [0.1, 0.15) is 0 Å². The van der Waals surface area contributed by atoms with Gasteiger partial charge in [0.15, 0.2) is 0 Å². The van der Waals surface area contributed by atoms with Gasteiger partial charge in [0.05, 0.1) is 4.05 Å². The predicted octanol–water partition coefficient (Wildman–Crippen LogP) is 0.892. The Labute approximate surface area is 45.4 Å². The largest absolute Gasteiger partial charge is 0.316 e. The molecule has 1 nitrogen and oxygen atoms in total. The Bertz CT molecular complexity index is 33.9. The number of rotatable bonds is 1. The minimum atomic E-state index is 0.118. The number of nitrogens with two attached hydrogens (primary N) is 1. The summed E-state index contributed by atoms with van der Waals surface area (Å²) in [6.45, 7) is 3.43. The summed E-state index contributed by atoms with van der Waals surface area (Å²) in [5.74, 6) is 0. The Morgan fingerprint density at radius 1 is 2.00 bits per heavy atom. The number of hydrogen-bond donors (Lipinski definition) is 1. The number of hydrogen-bond acceptors (Lipinski definition) is 1. The molecule has 2 heteroatoms. The summed E-state index contributed by atoms with van der Waals surface area (Å²) in [7, 11) is 0. The lowest BCUT2D eigenvalue weighted by Crippen LogP contribution is -2.04. The van der Waals surface area contributed by atoms with Crippen molar-refractivity contribution in [3.8, 4) is 0 Å². The molecule has 0 aromatic rings. The zero-order valence-corrected chi connectivity index (χ0v) is 4.97. The molecule has 0 radical (unpaired) electrons. The summed E-state index contributed by atoms with van der Waals surface area (Å²) in [6, 6.07) is 0. The molecule has 0 heterocycles. The van der Waals surface area contributed by atoms with Crippen molar-refractivity contribution >= 4 is 22.6 Å². The third-order valence-electron chi connectivity index (χ3n) is 0.225. The van der Waals surface area contributed by atoms with E-state index in [1.165, 1.54) is 0 Å². The molecule has 0 fully saturated rings. The third-order valence-corrected chi connectivity index (χ3v) is 0.734. The molecular formula is C3H6IN. The second kappa shape index (κ2) is 2.66. The lowest BCUT2D eigenvalue weighted by molar-refractivity contribution is 1.22. The van der Waals surface area contributed by atoms with E-state index in [9.17, 15) is 0 Å². The average molecular weight is 183 g/mol. The summed E-state index contributed by atoms with van der Waals surface area (Å²) >= 11 is 2.07. The van der Waals surface area contributed by atoms with Crippen molar-refractivity contribution < 1.29 is 0 Å². The van der Waals surface area contributed by atoms with Crippen molar-refractivity contribution in [3.63, 3.8) is 0 Å². The fraction of sp³-hybridized carbons (Fsp3) is 0.333. The van der Waals surface area contributed by atoms with Gasteiger partial charge in [-0.15, -0.1) is 6.58 Å². The minimum absolute atomic E-state index is 0.118. The first-order chi connectivity index (χ1) is 2.27. The molecule has 1 atom stereocenters. The third kappa shape index (κ3) is 4.43. The number of alkyl halides is 1. The monoisotopic (exact) mass is 183 g/mol. The Morgan fingerprint density at radius 2 is 2.20 bits per heavy atom. The van der Waals surface area contributed by atoms with Crippen LogP contribution in [0, 0.1) is 0 Å². The van der Waals surface area contributed by atoms with Crippen LogP contribution in [0.5, 0.6) is 0 Å². The molecule has 0 aliphatic carbocycles. The van der Waals surface area contributed by atoms with E-state index in [2.05, 4.69) is 29.2 Å². The van der Waals surface area contributed by atoms with Gasteiger partial charge in [0.25, 0.3) is 0 Å². The van der Waals surface area contributed by atoms with Crippen LogP contribution in [-0.4, -0.2) is 4.05 Å². The smallest absolute Gasteiger partial charge is 0.0751 e. The Morgan fingerprint density at radius 3 is 2.20 bits per heavy atom. The van der Waals surface area contributed by atoms with E-state index in [0.717, 1.165) is 0 Å². The zero-order chi connectivity index (χ0) is 4.28. The Balaban J connectivity index is 2.83. The van der Waals surface area contributed by atoms with Crippen LogP contribution >= 0.6 is 22.6 Å². The van der Waals surface area contributed by atoms with Gasteiger partial charge >= 0.3 is 0 Å². The van der Waals surface area contributed by atoms with E-state index in [1.807, 2.05) is 0 Å². The van der Waals surface area contributed by atoms with Crippen LogP contribution in [-0.2, 0) is 0 Å². The van der Waals surface area contributed by atoms with Gasteiger partial charge < -0.3 is 5.73 Å². The first-order valence-electron chi connectivity index (χ1n) is 1.29. The van der Waals surface area contributed by atoms with Crippen molar-refractivity contribution in [2.24, 2.45) is 5.73 Å². The van der Waals surface area contributed by atoms with Crippen LogP contribution < -0.4 is 5.73 Å². The minimum Gasteiger partial charge on any atom is -0.316 e. The molecule has 30 valence electrons. The molecular weight excluding hydrogens is 177 g/mol. The normalized spacial score (nSPS) is 14.0. The highest BCUT2D eigenvalue weighted by Crippen LogP contribution is 1.87. The van der Waals surface area contributed by atoms with Crippen molar-refractivity contribution in [2.75, 3.05) is 0 Å². The van der Waals surface area contributed by atoms with E-state index < -0.39 is 0 Å². The first-order valence-corrected chi connectivity index (χ1v) is 2.54. The standard InChI is InChI=1S/C3H6IN/c1-2-3(4)5/h2-3H,1,5H2. The molecule has 0 aliphatic heterocycles. The summed E-state index contributed by atoms with van der Waals surface area (Å²) in [4.78, 5) is 0. The van der Waals surface area contributed by atoms with Crippen LogP contribution in [0.1, 0.15) is 0 Å². The molecule has 0 aromatic carbocycles. The van der Waals surface area contributed by atoms with Gasteiger partial charge in [0, 0.05) is 0 Å². The number of halogens is 1. The molecule has 5 heavy (non-hydrogen) atoms. The SMILES string of the molecule is C=CC(N)I. The highest BCUT2D eigenvalue weighted by molar-refractivity contribution is 14.1. The van der Waals surface area contributed by atoms with Crippen LogP contribution in [0.4, 0.5) is 0 Å². The molecule has 0 spiro atoms. The summed E-state index contributed by atoms with van der Waals surface area (Å²) in [5, 5.41) is 0. The maximum atomic E-state index is 5.16. The summed E-state index contributed by atoms with van der Waals surface area (Å²) < 4.78 is 0.118. The molecule has 0 bridgehead atoms. The molecule has 0 aliphatic rings. The lowest BCUT2D eigenvalue weighted by atomic mass is 10.7. The zero-order valence-electron chi connectivity index (χ0n) is 2.82. The quantitative estimate of drug-likeness (QED) is 0.278. The van der Waals surface area contributed by atoms with E-state index in [1.54, 1.807) is 6.08 Å². The molecule has 0 rings (SSSR count). The van der Waals surface area contributed by atoms with Gasteiger partial charge in [-0.1, -0.05) is 28.7 Å². The molecule has 0 saturated heterocycles. The Hall–Kier alpha value is 0.430. The maximum Gasteiger partial charge on any atom is 0.0751 e. The molecule has 0 aromatic heterocycles. The van der Waals surface area contributed by atoms with Crippen molar-refractivity contribution in [1.82, 2.24) is 0 Å². The fourth-order valence-corrected chi connectivity index (χ4v) is 0. The maximum absolute atomic E-state index is 5.16. The summed E-state index contributed by atoms with van der Waals surface area (Å²) in [5.41, 5.74) is 5.16. The van der Waals surface area contributed by atoms with Crippen LogP contribution in [0.15, 0.2) is 12.7 Å². The van der Waals surface area contributed by atoms with E-state index in [0.29, 0.717) is 0 Å². The van der Waals surface area contributed by atoms with Crippen LogP contribution in [0.3, 0.4) is 0 Å². The molecule has 2 N–H and O–H groups in total. The molecule has 0 amide bonds. The Kier molecular flexibility index (Phi) is 2.88. The molecule has 0 saturated carbocycles. The van der Waals surface area contributed by atoms with Crippen LogP contribution in [0.2, 0.25) is 0 Å². The predicted molar refractivity (Wildman–Crippen MR) is 32.2 cm³/mol. The van der Waals surface area contributed by atoms with Gasteiger partial charge in [-0.2, -0.15) is 0 Å². The van der Waals surface area contributed by atoms with Crippen molar-refractivity contribution in [3.05, 3.63) is 12.7 Å². The highest BCUT2D eigenvalue weighted by atomic mass is 127. The lowest BCUT2D eigenvalue weighted by Gasteiger charge is -1.83. The van der Waals surface area contributed by atoms with Crippen molar-refractivity contribution in [2.45, 2.75) is 4.05 Å². The topological polar surface area (TPSA) is 26.0 Å². The van der Waals surface area contributed by atoms with Crippen molar-refractivity contribution in [1.29, 1.82) is 0 Å². The van der Waals surface area contributed by atoms with Gasteiger partial charge in [-0.25, -0.2) is 0 Å². The molecule has 1 unspecified atom stereocenters. The van der Waals surface area contributed by atoms with Crippen LogP contribution in [0.25, 0.3) is 0 Å². The van der Waals surface area contributed by atoms with Gasteiger partial charge in [0.2, 0.25) is 0 Å². The van der Waals surface area contributed by atoms with Gasteiger partial charge in [-0.05, 0) is 0 Å². The highest BCUT2D eigenvalue weighted by Gasteiger charge is 1.76. The van der Waals surface area contributed by atoms with E-state index in [-0.39, 0.29) is 4.05 Å². The second-order valence-electron chi connectivity index (χ2n) is 0.680. The van der Waals surface area contributed by atoms with E-state index >= 15 is 0 Å². The van der Waals surface area contributed by atoms with E-state index in [4.69, 9.17) is 5.73 Å². The first kappa shape index (κ1) is 5.43. The fourth-order valence-electron chi connectivity index (χ4n) is 0. The second-order valence-corrected chi connectivity index (χ2v) is 2.12. The summed E-state index contributed by atoms with van der Waals surface area (Å²) in [6.07, 6.45) is 1.68. The average Bonchev–Trinajstić information content (AvgIpc) is 1.38. The van der Waals surface area contributed by atoms with Gasteiger partial charge in [-0.3, -0.25) is 0 Å².